The summed E-state index contributed by atoms with van der Waals surface area (Å²) < 4.78 is 0. The number of rotatable bonds is 44. The van der Waals surface area contributed by atoms with Crippen LogP contribution in [0.5, 0.6) is 0 Å². The lowest BCUT2D eigenvalue weighted by Gasteiger charge is -2.22. The van der Waals surface area contributed by atoms with Gasteiger partial charge in [-0.2, -0.15) is 0 Å². The quantitative estimate of drug-likeness (QED) is 0.0437. The molecule has 0 amide bonds. The fourth-order valence-electron chi connectivity index (χ4n) is 8.08. The fourth-order valence-corrected chi connectivity index (χ4v) is 9.96. The van der Waals surface area contributed by atoms with Crippen LogP contribution >= 0.6 is 8.58 Å². The summed E-state index contributed by atoms with van der Waals surface area (Å²) in [6, 6.07) is 0. The van der Waals surface area contributed by atoms with Gasteiger partial charge in [-0.05, 0) is 37.0 Å². The average molecular weight is 707 g/mol. The molecule has 0 aromatic carbocycles. The van der Waals surface area contributed by atoms with Crippen molar-refractivity contribution < 1.29 is 0 Å². The van der Waals surface area contributed by atoms with Crippen molar-refractivity contribution in [1.82, 2.24) is 0 Å². The summed E-state index contributed by atoms with van der Waals surface area (Å²) in [6.45, 7) is 9.57. The van der Waals surface area contributed by atoms with Gasteiger partial charge in [0.15, 0.2) is 0 Å². The Morgan fingerprint density at radius 2 is 0.388 bits per heavy atom. The third-order valence-corrected chi connectivity index (χ3v) is 14.1. The average Bonchev–Trinajstić information content (AvgIpc) is 3.12. The molecule has 0 saturated heterocycles. The zero-order chi connectivity index (χ0) is 35.6. The number of unbranched alkanes of at least 4 members (excludes halogenated alkanes) is 36. The highest BCUT2D eigenvalue weighted by molar-refractivity contribution is 7.39. The topological polar surface area (TPSA) is 0 Å². The second-order valence-electron chi connectivity index (χ2n) is 16.7. The van der Waals surface area contributed by atoms with Crippen molar-refractivity contribution >= 4 is 8.58 Å². The Kier molecular flexibility index (Phi) is 45.0. The van der Waals surface area contributed by atoms with Crippen LogP contribution in [0.4, 0.5) is 0 Å². The molecule has 0 aliphatic rings. The van der Waals surface area contributed by atoms with Crippen LogP contribution in [0.25, 0.3) is 0 Å². The van der Waals surface area contributed by atoms with E-state index in [0.717, 1.165) is 11.3 Å². The van der Waals surface area contributed by atoms with Gasteiger partial charge < -0.3 is 0 Å². The summed E-state index contributed by atoms with van der Waals surface area (Å²) in [5.74, 6) is 0. The van der Waals surface area contributed by atoms with Crippen molar-refractivity contribution in [1.29, 1.82) is 0 Å². The van der Waals surface area contributed by atoms with Gasteiger partial charge in [-0.3, -0.25) is 0 Å². The standard InChI is InChI=1S/C48H99P/c1-5-9-11-13-15-17-19-21-23-25-27-29-31-33-35-37-39-41-43-45-47(7-3)49-48(8-4)46-44-42-40-38-36-34-32-30-28-26-24-22-20-18-16-14-12-10-6-2/h47-49H,5-46H2,1-4H3. The van der Waals surface area contributed by atoms with E-state index in [1.807, 2.05) is 0 Å². The van der Waals surface area contributed by atoms with E-state index in [2.05, 4.69) is 27.7 Å². The van der Waals surface area contributed by atoms with Crippen molar-refractivity contribution in [3.05, 3.63) is 0 Å². The molecule has 0 bridgehead atoms. The first kappa shape index (κ1) is 49.4. The van der Waals surface area contributed by atoms with Gasteiger partial charge in [0.2, 0.25) is 0 Å². The van der Waals surface area contributed by atoms with Crippen LogP contribution in [0, 0.1) is 0 Å². The summed E-state index contributed by atoms with van der Waals surface area (Å²) in [5.41, 5.74) is 2.05. The minimum absolute atomic E-state index is 1.02. The van der Waals surface area contributed by atoms with Crippen LogP contribution in [0.15, 0.2) is 0 Å². The van der Waals surface area contributed by atoms with Crippen LogP contribution < -0.4 is 0 Å². The molecule has 0 N–H and O–H groups in total. The van der Waals surface area contributed by atoms with Gasteiger partial charge in [0.1, 0.15) is 0 Å². The van der Waals surface area contributed by atoms with E-state index in [-0.39, 0.29) is 0 Å². The zero-order valence-corrected chi connectivity index (χ0v) is 36.4. The molecule has 0 rings (SSSR count). The van der Waals surface area contributed by atoms with Crippen molar-refractivity contribution in [2.45, 2.75) is 309 Å². The summed E-state index contributed by atoms with van der Waals surface area (Å²) >= 11 is 0. The Morgan fingerprint density at radius 1 is 0.224 bits per heavy atom. The molecule has 0 saturated carbocycles. The van der Waals surface area contributed by atoms with Crippen molar-refractivity contribution in [2.24, 2.45) is 0 Å². The van der Waals surface area contributed by atoms with Crippen LogP contribution in [0.1, 0.15) is 297 Å². The molecule has 0 heterocycles. The maximum atomic E-state index is 2.47. The van der Waals surface area contributed by atoms with E-state index < -0.39 is 0 Å². The Morgan fingerprint density at radius 3 is 0.551 bits per heavy atom. The summed E-state index contributed by atoms with van der Waals surface area (Å²) in [4.78, 5) is 0. The van der Waals surface area contributed by atoms with E-state index in [9.17, 15) is 0 Å². The molecular formula is C48H99P. The van der Waals surface area contributed by atoms with E-state index in [4.69, 9.17) is 0 Å². The minimum Gasteiger partial charge on any atom is -0.116 e. The number of hydrogen-bond donors (Lipinski definition) is 0. The van der Waals surface area contributed by atoms with Crippen LogP contribution in [0.2, 0.25) is 0 Å². The molecule has 296 valence electrons. The van der Waals surface area contributed by atoms with Crippen LogP contribution in [-0.2, 0) is 0 Å². The van der Waals surface area contributed by atoms with Gasteiger partial charge in [0, 0.05) is 0 Å². The third-order valence-electron chi connectivity index (χ3n) is 11.8. The van der Waals surface area contributed by atoms with E-state index in [1.165, 1.54) is 278 Å². The SMILES string of the molecule is CCCCCCCCCCCCCCCCCCCCCC(CC)PC(CC)CCCCCCCCCCCCCCCCCCCCC. The first-order valence-corrected chi connectivity index (χ1v) is 25.2. The van der Waals surface area contributed by atoms with Gasteiger partial charge in [-0.25, -0.2) is 0 Å². The molecule has 49 heavy (non-hydrogen) atoms. The molecule has 0 radical (unpaired) electrons. The van der Waals surface area contributed by atoms with Crippen molar-refractivity contribution in [3.63, 3.8) is 0 Å². The zero-order valence-electron chi connectivity index (χ0n) is 35.4. The second-order valence-corrected chi connectivity index (χ2v) is 18.6. The molecule has 0 fully saturated rings. The molecule has 2 atom stereocenters. The Labute approximate surface area is 316 Å². The molecule has 0 aromatic heterocycles. The highest BCUT2D eigenvalue weighted by Gasteiger charge is 2.13. The predicted octanol–water partition coefficient (Wildman–Crippen LogP) is 18.9. The molecular weight excluding hydrogens is 608 g/mol. The van der Waals surface area contributed by atoms with E-state index >= 15 is 0 Å². The second kappa shape index (κ2) is 44.6. The smallest absolute Gasteiger partial charge is 0.0237 e. The van der Waals surface area contributed by atoms with E-state index in [0.29, 0.717) is 0 Å². The molecule has 1 heteroatoms. The van der Waals surface area contributed by atoms with Gasteiger partial charge in [-0.1, -0.05) is 272 Å². The monoisotopic (exact) mass is 707 g/mol. The molecule has 0 aliphatic carbocycles. The van der Waals surface area contributed by atoms with E-state index in [1.54, 1.807) is 0 Å². The van der Waals surface area contributed by atoms with Crippen molar-refractivity contribution in [3.8, 4) is 0 Å². The predicted molar refractivity (Wildman–Crippen MR) is 233 cm³/mol. The van der Waals surface area contributed by atoms with Crippen LogP contribution in [-0.4, -0.2) is 11.3 Å². The molecule has 0 nitrogen and oxygen atoms in total. The Hall–Kier alpha value is 0.430. The molecule has 2 unspecified atom stereocenters. The highest BCUT2D eigenvalue weighted by atomic mass is 31.1. The summed E-state index contributed by atoms with van der Waals surface area (Å²) in [5, 5.41) is 0. The largest absolute Gasteiger partial charge is 0.116 e. The van der Waals surface area contributed by atoms with Gasteiger partial charge in [-0.15, -0.1) is 8.58 Å². The summed E-state index contributed by atoms with van der Waals surface area (Å²) in [7, 11) is 1.24. The van der Waals surface area contributed by atoms with Gasteiger partial charge in [0.05, 0.1) is 0 Å². The Balaban J connectivity index is 3.44. The lowest BCUT2D eigenvalue weighted by molar-refractivity contribution is 0.519. The first-order valence-electron chi connectivity index (χ1n) is 24.0. The lowest BCUT2D eigenvalue weighted by Crippen LogP contribution is -2.08. The highest BCUT2D eigenvalue weighted by Crippen LogP contribution is 2.36. The Bertz CT molecular complexity index is 509. The number of hydrogen-bond acceptors (Lipinski definition) is 0. The maximum Gasteiger partial charge on any atom is -0.0237 e. The summed E-state index contributed by atoms with van der Waals surface area (Å²) in [6.07, 6.45) is 62.2. The third kappa shape index (κ3) is 41.1. The fraction of sp³-hybridized carbons (Fsp3) is 1.00. The maximum absolute atomic E-state index is 2.47. The molecule has 0 spiro atoms. The normalized spacial score (nSPS) is 13.2. The van der Waals surface area contributed by atoms with Gasteiger partial charge in [0.25, 0.3) is 0 Å². The molecule has 0 aromatic rings. The lowest BCUT2D eigenvalue weighted by atomic mass is 10.0. The van der Waals surface area contributed by atoms with Crippen molar-refractivity contribution in [2.75, 3.05) is 0 Å². The van der Waals surface area contributed by atoms with Gasteiger partial charge >= 0.3 is 0 Å². The first-order chi connectivity index (χ1) is 24.3. The molecule has 0 aliphatic heterocycles. The van der Waals surface area contributed by atoms with Crippen LogP contribution in [0.3, 0.4) is 0 Å². The minimum atomic E-state index is 1.02.